The molecule has 9 heteroatoms. The SMILES string of the molecule is COc1cccc(C2C(C(=O)OC(C)C)=C(C)N=C3SC=C(CC(=O)NC4CC4)N32)c1OC. The molecule has 33 heavy (non-hydrogen) atoms. The normalized spacial score (nSPS) is 19.7. The zero-order chi connectivity index (χ0) is 23.7. The molecular formula is C24H29N3O5S. The number of carbonyl (C=O) groups excluding carboxylic acids is 2. The number of nitrogens with one attached hydrogen (secondary N) is 1. The molecule has 1 saturated carbocycles. The number of hydrogen-bond donors (Lipinski definition) is 1. The number of ether oxygens (including phenoxy) is 3. The van der Waals surface area contributed by atoms with Crippen LogP contribution in [0.25, 0.3) is 0 Å². The van der Waals surface area contributed by atoms with Gasteiger partial charge in [-0.25, -0.2) is 9.79 Å². The van der Waals surface area contributed by atoms with Crippen molar-refractivity contribution in [1.82, 2.24) is 10.2 Å². The minimum absolute atomic E-state index is 0.0421. The Bertz CT molecular complexity index is 1060. The predicted molar refractivity (Wildman–Crippen MR) is 127 cm³/mol. The molecule has 1 aromatic carbocycles. The van der Waals surface area contributed by atoms with Gasteiger partial charge in [-0.15, -0.1) is 0 Å². The number of thioether (sulfide) groups is 1. The molecule has 0 aromatic heterocycles. The summed E-state index contributed by atoms with van der Waals surface area (Å²) in [6.07, 6.45) is 1.94. The lowest BCUT2D eigenvalue weighted by Gasteiger charge is -2.37. The molecule has 2 heterocycles. The molecule has 176 valence electrons. The third-order valence-electron chi connectivity index (χ3n) is 5.58. The fourth-order valence-corrected chi connectivity index (χ4v) is 4.96. The first-order valence-electron chi connectivity index (χ1n) is 11.0. The lowest BCUT2D eigenvalue weighted by molar-refractivity contribution is -0.143. The number of carbonyl (C=O) groups is 2. The van der Waals surface area contributed by atoms with Crippen molar-refractivity contribution in [2.45, 2.75) is 58.2 Å². The highest BCUT2D eigenvalue weighted by molar-refractivity contribution is 8.16. The summed E-state index contributed by atoms with van der Waals surface area (Å²) in [6, 6.07) is 5.25. The van der Waals surface area contributed by atoms with E-state index in [9.17, 15) is 9.59 Å². The van der Waals surface area contributed by atoms with Gasteiger partial charge in [0.2, 0.25) is 5.91 Å². The van der Waals surface area contributed by atoms with Gasteiger partial charge < -0.3 is 24.4 Å². The smallest absolute Gasteiger partial charge is 0.338 e. The van der Waals surface area contributed by atoms with Crippen LogP contribution >= 0.6 is 11.8 Å². The van der Waals surface area contributed by atoms with Gasteiger partial charge in [-0.05, 0) is 45.1 Å². The first kappa shape index (κ1) is 23.2. The summed E-state index contributed by atoms with van der Waals surface area (Å²) < 4.78 is 16.8. The standard InChI is InChI=1S/C24H29N3O5S/c1-13(2)32-23(29)20-14(3)25-24-27(16(12-33-24)11-19(28)26-15-9-10-15)21(20)17-7-6-8-18(30-4)22(17)31-5/h6-8,12-13,15,21H,9-11H2,1-5H3,(H,26,28). The maximum Gasteiger partial charge on any atom is 0.338 e. The quantitative estimate of drug-likeness (QED) is 0.575. The van der Waals surface area contributed by atoms with E-state index in [0.717, 1.165) is 24.1 Å². The van der Waals surface area contributed by atoms with Crippen LogP contribution in [0.3, 0.4) is 0 Å². The van der Waals surface area contributed by atoms with E-state index >= 15 is 0 Å². The highest BCUT2D eigenvalue weighted by Gasteiger charge is 2.43. The van der Waals surface area contributed by atoms with Crippen LogP contribution in [0.15, 0.2) is 45.6 Å². The first-order chi connectivity index (χ1) is 15.8. The summed E-state index contributed by atoms with van der Waals surface area (Å²) in [5, 5.41) is 5.67. The second-order valence-corrected chi connectivity index (χ2v) is 9.28. The molecule has 8 nitrogen and oxygen atoms in total. The van der Waals surface area contributed by atoms with Crippen LogP contribution in [0.4, 0.5) is 0 Å². The molecule has 1 fully saturated rings. The monoisotopic (exact) mass is 471 g/mol. The van der Waals surface area contributed by atoms with Crippen molar-refractivity contribution >= 4 is 28.8 Å². The molecule has 1 atom stereocenters. The number of fused-ring (bicyclic) bond motifs is 1. The van der Waals surface area contributed by atoms with Crippen molar-refractivity contribution in [3.63, 3.8) is 0 Å². The number of rotatable bonds is 8. The third-order valence-corrected chi connectivity index (χ3v) is 6.46. The van der Waals surface area contributed by atoms with Crippen molar-refractivity contribution in [3.8, 4) is 11.5 Å². The topological polar surface area (TPSA) is 89.5 Å². The van der Waals surface area contributed by atoms with E-state index in [0.29, 0.717) is 27.9 Å². The summed E-state index contributed by atoms with van der Waals surface area (Å²) in [7, 11) is 3.14. The Morgan fingerprint density at radius 2 is 2.00 bits per heavy atom. The van der Waals surface area contributed by atoms with Gasteiger partial charge in [0, 0.05) is 17.3 Å². The van der Waals surface area contributed by atoms with Gasteiger partial charge in [-0.1, -0.05) is 23.9 Å². The Morgan fingerprint density at radius 3 is 2.64 bits per heavy atom. The molecule has 2 aliphatic heterocycles. The van der Waals surface area contributed by atoms with E-state index in [2.05, 4.69) is 10.3 Å². The maximum atomic E-state index is 13.3. The largest absolute Gasteiger partial charge is 0.493 e. The average Bonchev–Trinajstić information content (AvgIpc) is 3.50. The molecule has 4 rings (SSSR count). The Balaban J connectivity index is 1.79. The van der Waals surface area contributed by atoms with Gasteiger partial charge >= 0.3 is 5.97 Å². The molecular weight excluding hydrogens is 442 g/mol. The van der Waals surface area contributed by atoms with Gasteiger partial charge in [0.1, 0.15) is 0 Å². The molecule has 0 bridgehead atoms. The summed E-state index contributed by atoms with van der Waals surface area (Å²) in [5.74, 6) is 0.586. The van der Waals surface area contributed by atoms with E-state index in [1.807, 2.05) is 36.3 Å². The number of amidine groups is 1. The van der Waals surface area contributed by atoms with E-state index in [1.54, 1.807) is 27.2 Å². The molecule has 1 amide bonds. The van der Waals surface area contributed by atoms with Crippen LogP contribution in [0, 0.1) is 0 Å². The molecule has 0 radical (unpaired) electrons. The van der Waals surface area contributed by atoms with Gasteiger partial charge in [0.15, 0.2) is 16.7 Å². The number of methoxy groups -OCH3 is 2. The maximum absolute atomic E-state index is 13.3. The molecule has 0 spiro atoms. The van der Waals surface area contributed by atoms with Gasteiger partial charge in [0.25, 0.3) is 0 Å². The molecule has 1 aliphatic carbocycles. The second-order valence-electron chi connectivity index (χ2n) is 8.45. The van der Waals surface area contributed by atoms with Crippen molar-refractivity contribution in [2.75, 3.05) is 14.2 Å². The minimum Gasteiger partial charge on any atom is -0.493 e. The van der Waals surface area contributed by atoms with E-state index in [-0.39, 0.29) is 24.5 Å². The number of hydrogen-bond acceptors (Lipinski definition) is 8. The number of para-hydroxylation sites is 1. The van der Waals surface area contributed by atoms with E-state index in [1.165, 1.54) is 11.8 Å². The summed E-state index contributed by atoms with van der Waals surface area (Å²) in [5.41, 5.74) is 2.49. The molecule has 1 aromatic rings. The lowest BCUT2D eigenvalue weighted by atomic mass is 9.92. The van der Waals surface area contributed by atoms with E-state index in [4.69, 9.17) is 14.2 Å². The summed E-state index contributed by atoms with van der Waals surface area (Å²) in [4.78, 5) is 32.5. The zero-order valence-corrected chi connectivity index (χ0v) is 20.3. The fraction of sp³-hybridized carbons (Fsp3) is 0.458. The number of esters is 1. The summed E-state index contributed by atoms with van der Waals surface area (Å²) >= 11 is 1.44. The van der Waals surface area contributed by atoms with Crippen molar-refractivity contribution < 1.29 is 23.8 Å². The van der Waals surface area contributed by atoms with Crippen LogP contribution in [-0.2, 0) is 14.3 Å². The van der Waals surface area contributed by atoms with Crippen LogP contribution in [-0.4, -0.2) is 48.3 Å². The third kappa shape index (κ3) is 4.73. The van der Waals surface area contributed by atoms with Gasteiger partial charge in [0.05, 0.1) is 44.1 Å². The van der Waals surface area contributed by atoms with Crippen molar-refractivity contribution in [2.24, 2.45) is 4.99 Å². The minimum atomic E-state index is -0.580. The first-order valence-corrected chi connectivity index (χ1v) is 11.9. The molecule has 3 aliphatic rings. The van der Waals surface area contributed by atoms with Gasteiger partial charge in [-0.3, -0.25) is 4.79 Å². The van der Waals surface area contributed by atoms with Crippen LogP contribution in [0.5, 0.6) is 11.5 Å². The summed E-state index contributed by atoms with van der Waals surface area (Å²) in [6.45, 7) is 5.43. The van der Waals surface area contributed by atoms with Crippen LogP contribution in [0.1, 0.15) is 51.6 Å². The molecule has 1 unspecified atom stereocenters. The Morgan fingerprint density at radius 1 is 1.24 bits per heavy atom. The number of benzene rings is 1. The number of amides is 1. The second kappa shape index (κ2) is 9.51. The highest BCUT2D eigenvalue weighted by atomic mass is 32.2. The van der Waals surface area contributed by atoms with E-state index < -0.39 is 12.0 Å². The highest BCUT2D eigenvalue weighted by Crippen LogP contribution is 2.48. The number of aliphatic imine (C=N–C) groups is 1. The Kier molecular flexibility index (Phi) is 6.69. The molecule has 1 N–H and O–H groups in total. The van der Waals surface area contributed by atoms with Crippen molar-refractivity contribution in [1.29, 1.82) is 0 Å². The molecule has 0 saturated heterocycles. The fourth-order valence-electron chi connectivity index (χ4n) is 4.00. The average molecular weight is 472 g/mol. The Hall–Kier alpha value is -2.94. The van der Waals surface area contributed by atoms with Crippen molar-refractivity contribution in [3.05, 3.63) is 46.1 Å². The zero-order valence-electron chi connectivity index (χ0n) is 19.5. The van der Waals surface area contributed by atoms with Gasteiger partial charge in [-0.2, -0.15) is 0 Å². The predicted octanol–water partition coefficient (Wildman–Crippen LogP) is 3.90. The lowest BCUT2D eigenvalue weighted by Crippen LogP contribution is -2.38. The van der Waals surface area contributed by atoms with Crippen LogP contribution in [0.2, 0.25) is 0 Å². The Labute approximate surface area is 198 Å². The number of allylic oxidation sites excluding steroid dienone is 1. The van der Waals surface area contributed by atoms with Crippen LogP contribution < -0.4 is 14.8 Å². The number of nitrogens with zero attached hydrogens (tertiary/aromatic N) is 2.